The predicted octanol–water partition coefficient (Wildman–Crippen LogP) is 14.6. The van der Waals surface area contributed by atoms with Gasteiger partial charge in [-0.15, -0.1) is 0 Å². The Morgan fingerprint density at radius 3 is 1.46 bits per heavy atom. The Morgan fingerprint density at radius 2 is 0.791 bits per heavy atom. The minimum Gasteiger partial charge on any atom is -0.309 e. The molecule has 0 aliphatic heterocycles. The van der Waals surface area contributed by atoms with E-state index >= 15 is 0 Å². The van der Waals surface area contributed by atoms with Gasteiger partial charge in [0, 0.05) is 55.4 Å². The second kappa shape index (κ2) is 15.8. The number of benzene rings is 9. The standard InChI is InChI=1S/C60H39N7/c1-6-21-40(22-7-1)47-33-16-18-35-51(47)67-52-36-19-17-34-48(52)49-38-50-54(39-53(49)67)65(60-55(50)66(45-30-14-5-15-31-45)59(64-60)43-27-12-4-13-28-43)46-32-20-29-44(37-46)58-62-56(41-23-8-2-9-24-41)61-57(63-58)42-25-10-3-11-26-42/h1-39H. The van der Waals surface area contributed by atoms with Crippen LogP contribution in [0.25, 0.3) is 118 Å². The molecule has 13 rings (SSSR count). The lowest BCUT2D eigenvalue weighted by Gasteiger charge is -2.15. The summed E-state index contributed by atoms with van der Waals surface area (Å²) in [6.45, 7) is 0. The summed E-state index contributed by atoms with van der Waals surface area (Å²) in [5, 5.41) is 3.42. The summed E-state index contributed by atoms with van der Waals surface area (Å²) in [5.74, 6) is 2.68. The molecule has 0 aliphatic rings. The van der Waals surface area contributed by atoms with E-state index in [0.29, 0.717) is 17.5 Å². The van der Waals surface area contributed by atoms with Crippen molar-refractivity contribution in [2.75, 3.05) is 0 Å². The van der Waals surface area contributed by atoms with Crippen LogP contribution in [0.4, 0.5) is 0 Å². The van der Waals surface area contributed by atoms with Crippen molar-refractivity contribution in [3.05, 3.63) is 237 Å². The average Bonchev–Trinajstić information content (AvgIpc) is 4.06. The van der Waals surface area contributed by atoms with Crippen LogP contribution in [0.1, 0.15) is 0 Å². The molecule has 0 fully saturated rings. The van der Waals surface area contributed by atoms with Gasteiger partial charge in [-0.05, 0) is 54.1 Å². The van der Waals surface area contributed by atoms with Crippen molar-refractivity contribution in [2.24, 2.45) is 0 Å². The first kappa shape index (κ1) is 38.3. The molecule has 0 N–H and O–H groups in total. The van der Waals surface area contributed by atoms with E-state index in [0.717, 1.165) is 94.8 Å². The minimum atomic E-state index is 0.585. The molecule has 0 atom stereocenters. The van der Waals surface area contributed by atoms with E-state index in [4.69, 9.17) is 19.9 Å². The largest absolute Gasteiger partial charge is 0.309 e. The van der Waals surface area contributed by atoms with E-state index < -0.39 is 0 Å². The van der Waals surface area contributed by atoms with Crippen molar-refractivity contribution < 1.29 is 0 Å². The molecule has 13 aromatic rings. The molecular weight excluding hydrogens is 819 g/mol. The average molecular weight is 858 g/mol. The van der Waals surface area contributed by atoms with Crippen LogP contribution in [0, 0.1) is 0 Å². The van der Waals surface area contributed by atoms with Gasteiger partial charge in [0.2, 0.25) is 0 Å². The van der Waals surface area contributed by atoms with Gasteiger partial charge >= 0.3 is 0 Å². The Kier molecular flexibility index (Phi) is 9.03. The fraction of sp³-hybridized carbons (Fsp3) is 0. The number of fused-ring (bicyclic) bond motifs is 6. The molecule has 0 amide bonds. The normalized spacial score (nSPS) is 11.6. The van der Waals surface area contributed by atoms with Crippen LogP contribution in [0.15, 0.2) is 237 Å². The molecule has 314 valence electrons. The fourth-order valence-electron chi connectivity index (χ4n) is 9.68. The summed E-state index contributed by atoms with van der Waals surface area (Å²) in [7, 11) is 0. The maximum Gasteiger partial charge on any atom is 0.165 e. The van der Waals surface area contributed by atoms with Gasteiger partial charge in [-0.2, -0.15) is 0 Å². The van der Waals surface area contributed by atoms with Crippen LogP contribution in [-0.2, 0) is 0 Å². The number of para-hydroxylation sites is 3. The van der Waals surface area contributed by atoms with Gasteiger partial charge in [0.05, 0.1) is 22.2 Å². The van der Waals surface area contributed by atoms with E-state index in [1.807, 2.05) is 60.7 Å². The zero-order valence-corrected chi connectivity index (χ0v) is 36.1. The van der Waals surface area contributed by atoms with Gasteiger partial charge < -0.3 is 4.57 Å². The van der Waals surface area contributed by atoms with Crippen LogP contribution in [-0.4, -0.2) is 33.6 Å². The molecule has 0 aliphatic carbocycles. The lowest BCUT2D eigenvalue weighted by atomic mass is 10.0. The summed E-state index contributed by atoms with van der Waals surface area (Å²) in [4.78, 5) is 20.9. The van der Waals surface area contributed by atoms with Gasteiger partial charge in [0.25, 0.3) is 0 Å². The van der Waals surface area contributed by atoms with E-state index in [1.165, 1.54) is 5.39 Å². The van der Waals surface area contributed by atoms with E-state index in [2.05, 4.69) is 190 Å². The monoisotopic (exact) mass is 857 g/mol. The zero-order valence-electron chi connectivity index (χ0n) is 36.1. The number of hydrogen-bond donors (Lipinski definition) is 0. The first-order chi connectivity index (χ1) is 33.2. The SMILES string of the molecule is c1ccc(-c2nc(-c3ccccc3)nc(-c3cccc(-n4c5cc6c(cc5c5c4nc(-c4ccccc4)n5-c4ccccc4)c4ccccc4n6-c4ccccc4-c4ccccc4)c3)n2)cc1. The highest BCUT2D eigenvalue weighted by molar-refractivity contribution is 6.19. The third-order valence-electron chi connectivity index (χ3n) is 12.7. The summed E-state index contributed by atoms with van der Waals surface area (Å²) in [5.41, 5.74) is 14.3. The number of rotatable bonds is 8. The molecule has 0 bridgehead atoms. The molecule has 67 heavy (non-hydrogen) atoms. The molecule has 7 heteroatoms. The molecule has 0 radical (unpaired) electrons. The second-order valence-electron chi connectivity index (χ2n) is 16.7. The topological polar surface area (TPSA) is 66.3 Å². The molecule has 7 nitrogen and oxygen atoms in total. The molecular formula is C60H39N7. The van der Waals surface area contributed by atoms with E-state index in [9.17, 15) is 0 Å². The number of hydrogen-bond acceptors (Lipinski definition) is 4. The number of nitrogens with zero attached hydrogens (tertiary/aromatic N) is 7. The minimum absolute atomic E-state index is 0.585. The number of imidazole rings is 1. The predicted molar refractivity (Wildman–Crippen MR) is 273 cm³/mol. The third-order valence-corrected chi connectivity index (χ3v) is 12.7. The van der Waals surface area contributed by atoms with Crippen molar-refractivity contribution in [1.29, 1.82) is 0 Å². The quantitative estimate of drug-likeness (QED) is 0.153. The smallest absolute Gasteiger partial charge is 0.165 e. The van der Waals surface area contributed by atoms with Crippen molar-refractivity contribution in [2.45, 2.75) is 0 Å². The van der Waals surface area contributed by atoms with E-state index in [1.54, 1.807) is 0 Å². The molecule has 0 unspecified atom stereocenters. The Balaban J connectivity index is 1.13. The highest BCUT2D eigenvalue weighted by Crippen LogP contribution is 2.43. The van der Waals surface area contributed by atoms with Gasteiger partial charge in [-0.25, -0.2) is 19.9 Å². The Labute approximate surface area is 386 Å². The van der Waals surface area contributed by atoms with E-state index in [-0.39, 0.29) is 0 Å². The summed E-state index contributed by atoms with van der Waals surface area (Å²) >= 11 is 0. The maximum atomic E-state index is 5.63. The molecule has 4 heterocycles. The Morgan fingerprint density at radius 1 is 0.284 bits per heavy atom. The van der Waals surface area contributed by atoms with Gasteiger partial charge in [0.15, 0.2) is 23.1 Å². The molecule has 0 saturated carbocycles. The lowest BCUT2D eigenvalue weighted by Crippen LogP contribution is -2.01. The lowest BCUT2D eigenvalue weighted by molar-refractivity contribution is 1.07. The first-order valence-electron chi connectivity index (χ1n) is 22.5. The first-order valence-corrected chi connectivity index (χ1v) is 22.5. The fourth-order valence-corrected chi connectivity index (χ4v) is 9.68. The maximum absolute atomic E-state index is 5.63. The molecule has 4 aromatic heterocycles. The van der Waals surface area contributed by atoms with Crippen LogP contribution in [0.5, 0.6) is 0 Å². The molecule has 9 aromatic carbocycles. The molecule has 0 spiro atoms. The van der Waals surface area contributed by atoms with Crippen molar-refractivity contribution in [3.8, 4) is 73.7 Å². The van der Waals surface area contributed by atoms with Crippen molar-refractivity contribution in [3.63, 3.8) is 0 Å². The van der Waals surface area contributed by atoms with Gasteiger partial charge in [-0.1, -0.05) is 188 Å². The van der Waals surface area contributed by atoms with Crippen molar-refractivity contribution >= 4 is 43.9 Å². The van der Waals surface area contributed by atoms with Gasteiger partial charge in [-0.3, -0.25) is 9.13 Å². The number of aromatic nitrogens is 7. The van der Waals surface area contributed by atoms with Crippen LogP contribution >= 0.6 is 0 Å². The van der Waals surface area contributed by atoms with Crippen molar-refractivity contribution in [1.82, 2.24) is 33.6 Å². The summed E-state index contributed by atoms with van der Waals surface area (Å²) in [6, 6.07) is 82.7. The highest BCUT2D eigenvalue weighted by atomic mass is 15.2. The van der Waals surface area contributed by atoms with Crippen LogP contribution in [0.2, 0.25) is 0 Å². The van der Waals surface area contributed by atoms with Crippen LogP contribution < -0.4 is 0 Å². The third kappa shape index (κ3) is 6.44. The van der Waals surface area contributed by atoms with Crippen LogP contribution in [0.3, 0.4) is 0 Å². The Hall–Kier alpha value is -9.20. The Bertz CT molecular complexity index is 3890. The highest BCUT2D eigenvalue weighted by Gasteiger charge is 2.26. The molecule has 0 saturated heterocycles. The zero-order chi connectivity index (χ0) is 44.3. The second-order valence-corrected chi connectivity index (χ2v) is 16.7. The van der Waals surface area contributed by atoms with Gasteiger partial charge in [0.1, 0.15) is 11.3 Å². The summed E-state index contributed by atoms with van der Waals surface area (Å²) < 4.78 is 7.08. The summed E-state index contributed by atoms with van der Waals surface area (Å²) in [6.07, 6.45) is 0.